The molecule has 2 aromatic rings. The molecule has 0 unspecified atom stereocenters. The van der Waals surface area contributed by atoms with E-state index in [0.717, 1.165) is 10.7 Å². The number of rotatable bonds is 3. The van der Waals surface area contributed by atoms with Crippen LogP contribution < -0.4 is 5.32 Å². The van der Waals surface area contributed by atoms with Crippen molar-refractivity contribution in [1.82, 2.24) is 14.9 Å². The SMILES string of the molecule is Cn1ccnc1CNC(=O)c1csc(C#CCO)c1. The van der Waals surface area contributed by atoms with Crippen molar-refractivity contribution in [2.75, 3.05) is 6.61 Å². The van der Waals surface area contributed by atoms with Gasteiger partial charge in [-0.25, -0.2) is 4.98 Å². The Hall–Kier alpha value is -2.10. The number of hydrogen-bond acceptors (Lipinski definition) is 4. The van der Waals surface area contributed by atoms with E-state index in [4.69, 9.17) is 5.11 Å². The van der Waals surface area contributed by atoms with E-state index < -0.39 is 0 Å². The van der Waals surface area contributed by atoms with Gasteiger partial charge in [-0.3, -0.25) is 4.79 Å². The summed E-state index contributed by atoms with van der Waals surface area (Å²) < 4.78 is 1.85. The Balaban J connectivity index is 1.96. The lowest BCUT2D eigenvalue weighted by Crippen LogP contribution is -2.23. The molecule has 19 heavy (non-hydrogen) atoms. The van der Waals surface area contributed by atoms with E-state index in [1.165, 1.54) is 11.3 Å². The number of thiophene rings is 1. The minimum absolute atomic E-state index is 0.156. The highest BCUT2D eigenvalue weighted by molar-refractivity contribution is 7.10. The molecule has 0 atom stereocenters. The second-order valence-electron chi connectivity index (χ2n) is 3.80. The van der Waals surface area contributed by atoms with Crippen LogP contribution in [0.15, 0.2) is 23.8 Å². The van der Waals surface area contributed by atoms with E-state index in [1.54, 1.807) is 17.6 Å². The molecule has 0 saturated carbocycles. The predicted octanol–water partition coefficient (Wildman–Crippen LogP) is 0.755. The summed E-state index contributed by atoms with van der Waals surface area (Å²) in [6, 6.07) is 1.71. The molecule has 98 valence electrons. The first-order valence-corrected chi connectivity index (χ1v) is 6.51. The highest BCUT2D eigenvalue weighted by Gasteiger charge is 2.08. The maximum Gasteiger partial charge on any atom is 0.252 e. The van der Waals surface area contributed by atoms with E-state index in [1.807, 2.05) is 17.8 Å². The number of aliphatic hydroxyl groups is 1. The number of imidazole rings is 1. The number of carbonyl (C=O) groups excluding carboxylic acids is 1. The molecule has 2 rings (SSSR count). The van der Waals surface area contributed by atoms with Gasteiger partial charge in [0.05, 0.1) is 17.0 Å². The van der Waals surface area contributed by atoms with Gasteiger partial charge in [0, 0.05) is 24.8 Å². The zero-order valence-electron chi connectivity index (χ0n) is 10.4. The fraction of sp³-hybridized carbons (Fsp3) is 0.231. The highest BCUT2D eigenvalue weighted by Crippen LogP contribution is 2.13. The average Bonchev–Trinajstić information content (AvgIpc) is 3.03. The topological polar surface area (TPSA) is 67.2 Å². The van der Waals surface area contributed by atoms with Crippen molar-refractivity contribution in [3.63, 3.8) is 0 Å². The summed E-state index contributed by atoms with van der Waals surface area (Å²) in [5, 5.41) is 13.1. The summed E-state index contributed by atoms with van der Waals surface area (Å²) in [5.74, 6) is 5.96. The molecule has 0 radical (unpaired) electrons. The normalized spacial score (nSPS) is 9.79. The van der Waals surface area contributed by atoms with Gasteiger partial charge in [-0.15, -0.1) is 11.3 Å². The first kappa shape index (κ1) is 13.3. The Bertz CT molecular complexity index is 634. The van der Waals surface area contributed by atoms with Crippen LogP contribution in [0.3, 0.4) is 0 Å². The number of amides is 1. The van der Waals surface area contributed by atoms with Gasteiger partial charge in [-0.05, 0) is 6.07 Å². The Morgan fingerprint density at radius 1 is 1.63 bits per heavy atom. The van der Waals surface area contributed by atoms with Gasteiger partial charge in [-0.2, -0.15) is 0 Å². The summed E-state index contributed by atoms with van der Waals surface area (Å²) in [7, 11) is 1.88. The summed E-state index contributed by atoms with van der Waals surface area (Å²) in [5.41, 5.74) is 0.571. The van der Waals surface area contributed by atoms with Gasteiger partial charge in [0.1, 0.15) is 12.4 Å². The maximum atomic E-state index is 11.9. The first-order valence-electron chi connectivity index (χ1n) is 5.63. The lowest BCUT2D eigenvalue weighted by molar-refractivity contribution is 0.0950. The van der Waals surface area contributed by atoms with Crippen LogP contribution in [0.1, 0.15) is 21.1 Å². The Labute approximate surface area is 114 Å². The third kappa shape index (κ3) is 3.44. The Morgan fingerprint density at radius 2 is 2.47 bits per heavy atom. The van der Waals surface area contributed by atoms with Crippen LogP contribution in [0.4, 0.5) is 0 Å². The van der Waals surface area contributed by atoms with E-state index in [0.29, 0.717) is 12.1 Å². The van der Waals surface area contributed by atoms with Crippen molar-refractivity contribution in [2.45, 2.75) is 6.54 Å². The van der Waals surface area contributed by atoms with Gasteiger partial charge in [-0.1, -0.05) is 11.8 Å². The largest absolute Gasteiger partial charge is 0.384 e. The van der Waals surface area contributed by atoms with Crippen LogP contribution in [-0.4, -0.2) is 27.2 Å². The fourth-order valence-corrected chi connectivity index (χ4v) is 2.23. The quantitative estimate of drug-likeness (QED) is 0.813. The molecule has 0 aliphatic heterocycles. The van der Waals surface area contributed by atoms with Crippen molar-refractivity contribution in [3.8, 4) is 11.8 Å². The number of nitrogens with one attached hydrogen (secondary N) is 1. The van der Waals surface area contributed by atoms with Crippen molar-refractivity contribution in [3.05, 3.63) is 40.1 Å². The van der Waals surface area contributed by atoms with Crippen LogP contribution in [-0.2, 0) is 13.6 Å². The van der Waals surface area contributed by atoms with Crippen molar-refractivity contribution >= 4 is 17.2 Å². The van der Waals surface area contributed by atoms with Crippen LogP contribution >= 0.6 is 11.3 Å². The molecule has 0 aromatic carbocycles. The van der Waals surface area contributed by atoms with E-state index in [-0.39, 0.29) is 12.5 Å². The molecule has 2 heterocycles. The second-order valence-corrected chi connectivity index (χ2v) is 4.71. The molecular weight excluding hydrogens is 262 g/mol. The Kier molecular flexibility index (Phi) is 4.34. The zero-order valence-corrected chi connectivity index (χ0v) is 11.2. The molecule has 2 N–H and O–H groups in total. The Morgan fingerprint density at radius 3 is 3.16 bits per heavy atom. The van der Waals surface area contributed by atoms with Gasteiger partial charge in [0.25, 0.3) is 5.91 Å². The average molecular weight is 275 g/mol. The fourth-order valence-electron chi connectivity index (χ4n) is 1.48. The third-order valence-electron chi connectivity index (χ3n) is 2.48. The lowest BCUT2D eigenvalue weighted by Gasteiger charge is -2.03. The minimum Gasteiger partial charge on any atom is -0.384 e. The monoisotopic (exact) mass is 275 g/mol. The number of carbonyl (C=O) groups is 1. The first-order chi connectivity index (χ1) is 9.20. The molecule has 0 aliphatic rings. The number of hydrogen-bond donors (Lipinski definition) is 2. The molecule has 0 bridgehead atoms. The zero-order chi connectivity index (χ0) is 13.7. The van der Waals surface area contributed by atoms with E-state index in [9.17, 15) is 4.79 Å². The summed E-state index contributed by atoms with van der Waals surface area (Å²) in [6.45, 7) is 0.203. The molecule has 1 amide bonds. The molecule has 6 heteroatoms. The number of aryl methyl sites for hydroxylation is 1. The van der Waals surface area contributed by atoms with Crippen LogP contribution in [0, 0.1) is 11.8 Å². The maximum absolute atomic E-state index is 11.9. The summed E-state index contributed by atoms with van der Waals surface area (Å²) >= 11 is 1.38. The molecule has 5 nitrogen and oxygen atoms in total. The van der Waals surface area contributed by atoms with Gasteiger partial charge in [0.2, 0.25) is 0 Å². The molecule has 2 aromatic heterocycles. The third-order valence-corrected chi connectivity index (χ3v) is 3.33. The molecular formula is C13H13N3O2S. The molecule has 0 spiro atoms. The van der Waals surface area contributed by atoms with Gasteiger partial charge < -0.3 is 15.0 Å². The number of aliphatic hydroxyl groups excluding tert-OH is 1. The number of nitrogens with zero attached hydrogens (tertiary/aromatic N) is 2. The second kappa shape index (κ2) is 6.18. The van der Waals surface area contributed by atoms with Gasteiger partial charge >= 0.3 is 0 Å². The summed E-state index contributed by atoms with van der Waals surface area (Å²) in [4.78, 5) is 16.8. The molecule has 0 aliphatic carbocycles. The highest BCUT2D eigenvalue weighted by atomic mass is 32.1. The lowest BCUT2D eigenvalue weighted by atomic mass is 10.3. The van der Waals surface area contributed by atoms with Crippen molar-refractivity contribution in [2.24, 2.45) is 7.05 Å². The predicted molar refractivity (Wildman–Crippen MR) is 72.7 cm³/mol. The molecule has 0 saturated heterocycles. The van der Waals surface area contributed by atoms with Crippen LogP contribution in [0.5, 0.6) is 0 Å². The van der Waals surface area contributed by atoms with Gasteiger partial charge in [0.15, 0.2) is 0 Å². The minimum atomic E-state index is -0.182. The van der Waals surface area contributed by atoms with Crippen molar-refractivity contribution < 1.29 is 9.90 Å². The van der Waals surface area contributed by atoms with E-state index >= 15 is 0 Å². The smallest absolute Gasteiger partial charge is 0.252 e. The molecule has 0 fully saturated rings. The van der Waals surface area contributed by atoms with E-state index in [2.05, 4.69) is 22.1 Å². The van der Waals surface area contributed by atoms with Crippen molar-refractivity contribution in [1.29, 1.82) is 0 Å². The number of aromatic nitrogens is 2. The van der Waals surface area contributed by atoms with Crippen LogP contribution in [0.2, 0.25) is 0 Å². The summed E-state index contributed by atoms with van der Waals surface area (Å²) in [6.07, 6.45) is 3.52. The standard InChI is InChI=1S/C13H13N3O2S/c1-16-5-4-14-12(16)8-15-13(18)10-7-11(19-9-10)3-2-6-17/h4-5,7,9,17H,6,8H2,1H3,(H,15,18). The van der Waals surface area contributed by atoms with Crippen LogP contribution in [0.25, 0.3) is 0 Å².